The smallest absolute Gasteiger partial charge is 0.306 e. The van der Waals surface area contributed by atoms with Crippen LogP contribution in [-0.4, -0.2) is 37.2 Å². The van der Waals surface area contributed by atoms with Crippen molar-refractivity contribution >= 4 is 17.9 Å². The van der Waals surface area contributed by atoms with Crippen molar-refractivity contribution in [1.82, 2.24) is 0 Å². The van der Waals surface area contributed by atoms with Crippen LogP contribution in [0.3, 0.4) is 0 Å². The zero-order valence-electron chi connectivity index (χ0n) is 37.7. The number of carbonyl (C=O) groups is 3. The Morgan fingerprint density at radius 3 is 1.03 bits per heavy atom. The molecule has 0 aromatic rings. The van der Waals surface area contributed by atoms with E-state index in [9.17, 15) is 14.4 Å². The number of rotatable bonds is 40. The molecule has 1 atom stereocenters. The van der Waals surface area contributed by atoms with Crippen molar-refractivity contribution in [3.8, 4) is 0 Å². The van der Waals surface area contributed by atoms with Gasteiger partial charge in [0.25, 0.3) is 0 Å². The molecule has 0 aromatic heterocycles. The average molecular weight is 817 g/mol. The van der Waals surface area contributed by atoms with Gasteiger partial charge in [-0.15, -0.1) is 0 Å². The van der Waals surface area contributed by atoms with Crippen LogP contribution in [0.25, 0.3) is 0 Å². The van der Waals surface area contributed by atoms with Crippen LogP contribution in [0.4, 0.5) is 0 Å². The number of unbranched alkanes of at least 4 members (excludes halogenated alkanes) is 11. The maximum atomic E-state index is 12.7. The first-order chi connectivity index (χ1) is 29.0. The highest BCUT2D eigenvalue weighted by molar-refractivity contribution is 5.71. The highest BCUT2D eigenvalue weighted by Crippen LogP contribution is 2.11. The molecule has 6 heteroatoms. The first-order valence-corrected chi connectivity index (χ1v) is 23.4. The summed E-state index contributed by atoms with van der Waals surface area (Å²) < 4.78 is 16.6. The van der Waals surface area contributed by atoms with Gasteiger partial charge >= 0.3 is 17.9 Å². The highest BCUT2D eigenvalue weighted by Gasteiger charge is 2.19. The number of esters is 3. The number of ether oxygens (including phenoxy) is 3. The summed E-state index contributed by atoms with van der Waals surface area (Å²) in [4.78, 5) is 37.6. The molecule has 0 bridgehead atoms. The molecule has 1 unspecified atom stereocenters. The molecule has 0 rings (SSSR count). The minimum atomic E-state index is -0.802. The summed E-state index contributed by atoms with van der Waals surface area (Å²) in [5.74, 6) is -0.985. The van der Waals surface area contributed by atoms with Gasteiger partial charge in [0.05, 0.1) is 0 Å². The van der Waals surface area contributed by atoms with E-state index in [0.29, 0.717) is 12.8 Å². The van der Waals surface area contributed by atoms with E-state index < -0.39 is 6.10 Å². The molecular formula is C53H84O6. The molecule has 0 aliphatic carbocycles. The monoisotopic (exact) mass is 817 g/mol. The minimum absolute atomic E-state index is 0.102. The lowest BCUT2D eigenvalue weighted by Gasteiger charge is -2.18. The Bertz CT molecular complexity index is 1260. The zero-order chi connectivity index (χ0) is 43.0. The molecular weight excluding hydrogens is 733 g/mol. The van der Waals surface area contributed by atoms with E-state index >= 15 is 0 Å². The first kappa shape index (κ1) is 55.1. The van der Waals surface area contributed by atoms with Crippen molar-refractivity contribution in [2.75, 3.05) is 13.2 Å². The lowest BCUT2D eigenvalue weighted by atomic mass is 10.1. The zero-order valence-corrected chi connectivity index (χ0v) is 37.7. The fourth-order valence-corrected chi connectivity index (χ4v) is 5.81. The predicted molar refractivity (Wildman–Crippen MR) is 251 cm³/mol. The van der Waals surface area contributed by atoms with Gasteiger partial charge in [-0.05, 0) is 103 Å². The van der Waals surface area contributed by atoms with Crippen molar-refractivity contribution in [1.29, 1.82) is 0 Å². The van der Waals surface area contributed by atoms with Gasteiger partial charge in [-0.2, -0.15) is 0 Å². The Morgan fingerprint density at radius 1 is 0.356 bits per heavy atom. The number of allylic oxidation sites excluding steroid dienone is 18. The molecule has 0 radical (unpaired) electrons. The Labute approximate surface area is 361 Å². The Balaban J connectivity index is 4.35. The SMILES string of the molecule is CC/C=C\C/C=C\C/C=C\C/C=C\C/C=C\CCCCCC(=O)OCC(COC(=O)CCCCCCC)OC(=O)CCCCCC/C=C\C/C=C\C/C=C\C/C=C\CC. The van der Waals surface area contributed by atoms with E-state index in [2.05, 4.69) is 130 Å². The largest absolute Gasteiger partial charge is 0.462 e. The van der Waals surface area contributed by atoms with Crippen LogP contribution >= 0.6 is 0 Å². The third-order valence-corrected chi connectivity index (χ3v) is 9.27. The molecule has 0 heterocycles. The van der Waals surface area contributed by atoms with Gasteiger partial charge in [-0.3, -0.25) is 14.4 Å². The van der Waals surface area contributed by atoms with Gasteiger partial charge in [0.2, 0.25) is 0 Å². The molecule has 0 saturated heterocycles. The quantitative estimate of drug-likeness (QED) is 0.0265. The van der Waals surface area contributed by atoms with Crippen LogP contribution in [0, 0.1) is 0 Å². The molecule has 0 N–H and O–H groups in total. The Kier molecular flexibility index (Phi) is 43.6. The van der Waals surface area contributed by atoms with Gasteiger partial charge in [0, 0.05) is 19.3 Å². The van der Waals surface area contributed by atoms with E-state index in [1.54, 1.807) is 0 Å². The summed E-state index contributed by atoms with van der Waals surface area (Å²) >= 11 is 0. The van der Waals surface area contributed by atoms with E-state index in [0.717, 1.165) is 148 Å². The summed E-state index contributed by atoms with van der Waals surface area (Å²) in [6, 6.07) is 0. The normalized spacial score (nSPS) is 13.1. The summed E-state index contributed by atoms with van der Waals surface area (Å²) in [7, 11) is 0. The van der Waals surface area contributed by atoms with E-state index in [1.807, 2.05) is 0 Å². The fraction of sp³-hybridized carbons (Fsp3) is 0.604. The summed E-state index contributed by atoms with van der Waals surface area (Å²) in [5.41, 5.74) is 0. The highest BCUT2D eigenvalue weighted by atomic mass is 16.6. The molecule has 0 aliphatic heterocycles. The second-order valence-corrected chi connectivity index (χ2v) is 14.9. The topological polar surface area (TPSA) is 78.9 Å². The lowest BCUT2D eigenvalue weighted by Crippen LogP contribution is -2.30. The Morgan fingerprint density at radius 2 is 0.661 bits per heavy atom. The number of carbonyl (C=O) groups excluding carboxylic acids is 3. The fourth-order valence-electron chi connectivity index (χ4n) is 5.81. The van der Waals surface area contributed by atoms with Gasteiger partial charge in [-0.1, -0.05) is 175 Å². The predicted octanol–water partition coefficient (Wildman–Crippen LogP) is 15.2. The molecule has 332 valence electrons. The van der Waals surface area contributed by atoms with Crippen molar-refractivity contribution < 1.29 is 28.6 Å². The molecule has 59 heavy (non-hydrogen) atoms. The maximum Gasteiger partial charge on any atom is 0.306 e. The van der Waals surface area contributed by atoms with E-state index in [4.69, 9.17) is 14.2 Å². The third kappa shape index (κ3) is 45.0. The first-order valence-electron chi connectivity index (χ1n) is 23.4. The second kappa shape index (κ2) is 46.8. The Hall–Kier alpha value is -3.93. The summed E-state index contributed by atoms with van der Waals surface area (Å²) in [5, 5.41) is 0. The molecule has 0 amide bonds. The van der Waals surface area contributed by atoms with Crippen LogP contribution in [0.15, 0.2) is 109 Å². The van der Waals surface area contributed by atoms with Gasteiger partial charge in [-0.25, -0.2) is 0 Å². The van der Waals surface area contributed by atoms with Crippen molar-refractivity contribution in [2.45, 2.75) is 194 Å². The molecule has 0 aliphatic rings. The van der Waals surface area contributed by atoms with Gasteiger partial charge in [0.1, 0.15) is 13.2 Å². The van der Waals surface area contributed by atoms with Crippen molar-refractivity contribution in [3.63, 3.8) is 0 Å². The molecule has 0 saturated carbocycles. The van der Waals surface area contributed by atoms with E-state index in [-0.39, 0.29) is 37.5 Å². The average Bonchev–Trinajstić information content (AvgIpc) is 3.23. The van der Waals surface area contributed by atoms with Gasteiger partial charge < -0.3 is 14.2 Å². The van der Waals surface area contributed by atoms with Crippen LogP contribution in [0.5, 0.6) is 0 Å². The summed E-state index contributed by atoms with van der Waals surface area (Å²) in [6.45, 7) is 6.24. The molecule has 6 nitrogen and oxygen atoms in total. The van der Waals surface area contributed by atoms with Gasteiger partial charge in [0.15, 0.2) is 6.10 Å². The molecule has 0 aromatic carbocycles. The minimum Gasteiger partial charge on any atom is -0.462 e. The standard InChI is InChI=1S/C53H84O6/c1-4-7-10-13-15-17-19-21-23-25-26-28-29-31-33-35-37-40-43-46-52(55)58-49-50(48-57-51(54)45-42-39-12-9-6-3)59-53(56)47-44-41-38-36-34-32-30-27-24-22-20-18-16-14-11-8-5-2/h7-8,10-11,15-18,21-24,26,28,30-33,50H,4-6,9,12-14,19-20,25,27,29,34-49H2,1-3H3/b10-7-,11-8-,17-15-,18-16-,23-21-,24-22-,28-26-,32-30-,33-31-. The molecule has 0 fully saturated rings. The van der Waals surface area contributed by atoms with Crippen LogP contribution < -0.4 is 0 Å². The third-order valence-electron chi connectivity index (χ3n) is 9.27. The maximum absolute atomic E-state index is 12.7. The van der Waals surface area contributed by atoms with Crippen LogP contribution in [0.1, 0.15) is 188 Å². The van der Waals surface area contributed by atoms with Crippen LogP contribution in [-0.2, 0) is 28.6 Å². The second-order valence-electron chi connectivity index (χ2n) is 14.9. The number of hydrogen-bond donors (Lipinski definition) is 0. The van der Waals surface area contributed by atoms with E-state index in [1.165, 1.54) is 0 Å². The number of hydrogen-bond acceptors (Lipinski definition) is 6. The lowest BCUT2D eigenvalue weighted by molar-refractivity contribution is -0.167. The van der Waals surface area contributed by atoms with Crippen LogP contribution in [0.2, 0.25) is 0 Å². The van der Waals surface area contributed by atoms with Crippen molar-refractivity contribution in [3.05, 3.63) is 109 Å². The van der Waals surface area contributed by atoms with Crippen molar-refractivity contribution in [2.24, 2.45) is 0 Å². The molecule has 0 spiro atoms. The summed E-state index contributed by atoms with van der Waals surface area (Å²) in [6.07, 6.45) is 62.4.